The normalized spacial score (nSPS) is 34.2. The molecule has 3 fully saturated rings. The number of rotatable bonds is 6. The van der Waals surface area contributed by atoms with Gasteiger partial charge in [0.1, 0.15) is 12.1 Å². The summed E-state index contributed by atoms with van der Waals surface area (Å²) in [6, 6.07) is 5.03. The number of allylic oxidation sites excluding steroid dienone is 1. The Kier molecular flexibility index (Phi) is 6.95. The van der Waals surface area contributed by atoms with Crippen molar-refractivity contribution >= 4 is 50.1 Å². The number of H-pyrrole nitrogens is 1. The summed E-state index contributed by atoms with van der Waals surface area (Å²) in [5.41, 5.74) is 3.17. The maximum absolute atomic E-state index is 14.6. The van der Waals surface area contributed by atoms with Gasteiger partial charge >= 0.3 is 0 Å². The molecule has 0 saturated carbocycles. The number of fused-ring (bicyclic) bond motifs is 5. The topological polar surface area (TPSA) is 104 Å². The third kappa shape index (κ3) is 3.99. The number of hydrogen-bond acceptors (Lipinski definition) is 5. The van der Waals surface area contributed by atoms with E-state index < -0.39 is 35.5 Å². The highest BCUT2D eigenvalue weighted by molar-refractivity contribution is 9.10. The summed E-state index contributed by atoms with van der Waals surface area (Å²) in [6.45, 7) is 12.7. The van der Waals surface area contributed by atoms with Gasteiger partial charge in [-0.25, -0.2) is 0 Å². The Morgan fingerprint density at radius 3 is 2.80 bits per heavy atom. The van der Waals surface area contributed by atoms with Gasteiger partial charge in [-0.2, -0.15) is 0 Å². The summed E-state index contributed by atoms with van der Waals surface area (Å²) >= 11 is 3.73. The minimum absolute atomic E-state index is 0.0891. The molecule has 44 heavy (non-hydrogen) atoms. The molecule has 1 aromatic carbocycles. The molecule has 234 valence electrons. The van der Waals surface area contributed by atoms with E-state index in [0.717, 1.165) is 28.5 Å². The maximum Gasteiger partial charge on any atom is 0.285 e. The molecule has 2 aliphatic carbocycles. The van der Waals surface area contributed by atoms with Crippen molar-refractivity contribution in [2.45, 2.75) is 83.5 Å². The number of piperazine rings is 1. The average Bonchev–Trinajstić information content (AvgIpc) is 3.67. The molecule has 4 heterocycles. The molecule has 5 aliphatic rings. The van der Waals surface area contributed by atoms with Gasteiger partial charge in [-0.3, -0.25) is 24.0 Å². The van der Waals surface area contributed by atoms with Crippen LogP contribution >= 0.6 is 15.9 Å². The Morgan fingerprint density at radius 1 is 1.32 bits per heavy atom. The molecular weight excluding hydrogens is 624 g/mol. The number of halogens is 1. The van der Waals surface area contributed by atoms with E-state index in [-0.39, 0.29) is 29.6 Å². The fraction of sp³-hybridized carbons (Fsp3) is 0.559. The van der Waals surface area contributed by atoms with Crippen LogP contribution in [0.4, 0.5) is 0 Å². The van der Waals surface area contributed by atoms with E-state index in [1.165, 1.54) is 28.5 Å². The molecule has 1 aromatic heterocycles. The Hall–Kier alpha value is -2.95. The van der Waals surface area contributed by atoms with E-state index >= 15 is 0 Å². The SMILES string of the molecule is C=C(C)[C@@]1(NC(=O)[C@@H]2C=C3c4cccc5[nH]c(Br)c(c45)C[C@H]3C(C)C2)OC2(OC)[C@@H]3CCCN3C(=O)C(CC(C)C)N2C1=O. The molecule has 3 unspecified atom stereocenters. The van der Waals surface area contributed by atoms with Crippen molar-refractivity contribution in [1.29, 1.82) is 0 Å². The van der Waals surface area contributed by atoms with Crippen LogP contribution in [0.25, 0.3) is 16.5 Å². The van der Waals surface area contributed by atoms with Crippen LogP contribution in [0, 0.1) is 23.7 Å². The number of hydrogen-bond donors (Lipinski definition) is 2. The number of aromatic nitrogens is 1. The second-order valence-electron chi connectivity index (χ2n) is 13.8. The Bertz CT molecular complexity index is 1630. The highest BCUT2D eigenvalue weighted by Gasteiger charge is 2.72. The molecule has 3 saturated heterocycles. The van der Waals surface area contributed by atoms with E-state index in [1.807, 2.05) is 19.9 Å². The van der Waals surface area contributed by atoms with E-state index in [0.29, 0.717) is 31.4 Å². The number of aromatic amines is 1. The molecule has 7 rings (SSSR count). The minimum Gasteiger partial charge on any atom is -0.349 e. The number of nitrogens with zero attached hydrogens (tertiary/aromatic N) is 2. The van der Waals surface area contributed by atoms with Gasteiger partial charge in [-0.05, 0) is 101 Å². The van der Waals surface area contributed by atoms with Gasteiger partial charge in [0.15, 0.2) is 0 Å². The largest absolute Gasteiger partial charge is 0.349 e. The average molecular weight is 666 g/mol. The van der Waals surface area contributed by atoms with Gasteiger partial charge in [0.2, 0.25) is 17.5 Å². The lowest BCUT2D eigenvalue weighted by atomic mass is 9.67. The van der Waals surface area contributed by atoms with Gasteiger partial charge in [0.05, 0.1) is 10.5 Å². The fourth-order valence-electron chi connectivity index (χ4n) is 8.57. The second kappa shape index (κ2) is 10.3. The van der Waals surface area contributed by atoms with Crippen LogP contribution in [0.2, 0.25) is 0 Å². The van der Waals surface area contributed by atoms with Gasteiger partial charge in [-0.1, -0.05) is 45.6 Å². The highest BCUT2D eigenvalue weighted by atomic mass is 79.9. The molecule has 0 spiro atoms. The second-order valence-corrected chi connectivity index (χ2v) is 14.6. The molecular formula is C34H41BrN4O5. The smallest absolute Gasteiger partial charge is 0.285 e. The van der Waals surface area contributed by atoms with Gasteiger partial charge in [0.25, 0.3) is 11.8 Å². The lowest BCUT2D eigenvalue weighted by molar-refractivity contribution is -0.325. The molecule has 3 aliphatic heterocycles. The van der Waals surface area contributed by atoms with Crippen LogP contribution in [0.3, 0.4) is 0 Å². The monoisotopic (exact) mass is 664 g/mol. The number of nitrogens with one attached hydrogen (secondary N) is 2. The Balaban J connectivity index is 1.27. The Labute approximate surface area is 266 Å². The first-order valence-electron chi connectivity index (χ1n) is 15.8. The van der Waals surface area contributed by atoms with Crippen molar-refractivity contribution in [3.05, 3.63) is 52.2 Å². The lowest BCUT2D eigenvalue weighted by Gasteiger charge is -2.50. The minimum atomic E-state index is -1.86. The molecule has 7 atom stereocenters. The summed E-state index contributed by atoms with van der Waals surface area (Å²) < 4.78 is 13.9. The molecule has 0 radical (unpaired) electrons. The third-order valence-corrected chi connectivity index (χ3v) is 11.3. The zero-order chi connectivity index (χ0) is 31.3. The summed E-state index contributed by atoms with van der Waals surface area (Å²) in [6.07, 6.45) is 5.50. The molecule has 3 amide bonds. The van der Waals surface area contributed by atoms with Crippen molar-refractivity contribution in [3.63, 3.8) is 0 Å². The number of methoxy groups -OCH3 is 1. The van der Waals surface area contributed by atoms with Crippen LogP contribution in [0.15, 0.2) is 41.0 Å². The van der Waals surface area contributed by atoms with E-state index in [1.54, 1.807) is 11.8 Å². The van der Waals surface area contributed by atoms with Crippen molar-refractivity contribution in [3.8, 4) is 0 Å². The molecule has 2 N–H and O–H groups in total. The number of ether oxygens (including phenoxy) is 2. The van der Waals surface area contributed by atoms with Crippen LogP contribution in [-0.4, -0.2) is 69.9 Å². The van der Waals surface area contributed by atoms with Gasteiger partial charge < -0.3 is 19.9 Å². The third-order valence-electron chi connectivity index (χ3n) is 10.6. The van der Waals surface area contributed by atoms with E-state index in [2.05, 4.69) is 57.9 Å². The summed E-state index contributed by atoms with van der Waals surface area (Å²) in [4.78, 5) is 49.4. The standard InChI is InChI=1S/C34H41BrN4O5/c1-17(2)13-26-31(41)38-12-8-11-27(38)34(43-6)39(26)32(42)33(44-34,18(3)4)37-30(40)20-14-19(5)22-16-24-28-21(23(22)15-20)9-7-10-25(28)36-29(24)35/h7,9-10,15,17,19-20,22,26-27,36H,3,8,11-14,16H2,1-2,4-6H3,(H,37,40)/t19?,20-,22-,26?,27-,33+,34?/m0/s1. The zero-order valence-electron chi connectivity index (χ0n) is 26.0. The number of amides is 3. The predicted octanol–water partition coefficient (Wildman–Crippen LogP) is 5.11. The van der Waals surface area contributed by atoms with Crippen LogP contribution < -0.4 is 5.32 Å². The van der Waals surface area contributed by atoms with Crippen LogP contribution in [-0.2, 0) is 30.3 Å². The van der Waals surface area contributed by atoms with Crippen molar-refractivity contribution in [2.75, 3.05) is 13.7 Å². The molecule has 2 aromatic rings. The first-order chi connectivity index (χ1) is 20.9. The molecule has 10 heteroatoms. The quantitative estimate of drug-likeness (QED) is 0.418. The van der Waals surface area contributed by atoms with Crippen LogP contribution in [0.5, 0.6) is 0 Å². The van der Waals surface area contributed by atoms with Crippen LogP contribution in [0.1, 0.15) is 64.5 Å². The Morgan fingerprint density at radius 2 is 2.09 bits per heavy atom. The summed E-state index contributed by atoms with van der Waals surface area (Å²) in [7, 11) is 1.51. The van der Waals surface area contributed by atoms with Crippen molar-refractivity contribution in [2.24, 2.45) is 23.7 Å². The summed E-state index contributed by atoms with van der Waals surface area (Å²) in [5, 5.41) is 4.24. The number of benzene rings is 1. The molecule has 0 bridgehead atoms. The first-order valence-corrected chi connectivity index (χ1v) is 16.6. The number of carbonyl (C=O) groups excluding carboxylic acids is 3. The van der Waals surface area contributed by atoms with E-state index in [9.17, 15) is 14.4 Å². The van der Waals surface area contributed by atoms with Crippen molar-refractivity contribution < 1.29 is 23.9 Å². The van der Waals surface area contributed by atoms with Gasteiger partial charge in [-0.15, -0.1) is 0 Å². The predicted molar refractivity (Wildman–Crippen MR) is 170 cm³/mol. The van der Waals surface area contributed by atoms with Crippen molar-refractivity contribution in [1.82, 2.24) is 20.1 Å². The van der Waals surface area contributed by atoms with Gasteiger partial charge in [0, 0.05) is 24.6 Å². The summed E-state index contributed by atoms with van der Waals surface area (Å²) in [5.74, 6) is -2.22. The maximum atomic E-state index is 14.6. The van der Waals surface area contributed by atoms with E-state index in [4.69, 9.17) is 9.47 Å². The first kappa shape index (κ1) is 29.7. The molecule has 9 nitrogen and oxygen atoms in total. The fourth-order valence-corrected chi connectivity index (χ4v) is 9.15. The zero-order valence-corrected chi connectivity index (χ0v) is 27.6. The number of carbonyl (C=O) groups is 3. The lowest BCUT2D eigenvalue weighted by Crippen LogP contribution is -2.72. The highest BCUT2D eigenvalue weighted by Crippen LogP contribution is 2.51.